The molecule has 1 amide bonds. The highest BCUT2D eigenvalue weighted by molar-refractivity contribution is 5.71. The molecule has 0 saturated carbocycles. The fourth-order valence-electron chi connectivity index (χ4n) is 0.851. The molecule has 0 radical (unpaired) electrons. The van der Waals surface area contributed by atoms with Gasteiger partial charge >= 0.3 is 6.36 Å². The molecule has 0 spiro atoms. The van der Waals surface area contributed by atoms with Crippen molar-refractivity contribution in [1.29, 1.82) is 0 Å². The lowest BCUT2D eigenvalue weighted by Gasteiger charge is -2.09. The van der Waals surface area contributed by atoms with Crippen LogP contribution < -0.4 is 10.1 Å². The number of hydrogen-bond donors (Lipinski definition) is 1. The highest BCUT2D eigenvalue weighted by Crippen LogP contribution is 2.24. The molecular formula is C8H6F3NO2. The molecule has 0 saturated heterocycles. The fourth-order valence-corrected chi connectivity index (χ4v) is 0.851. The third kappa shape index (κ3) is 3.34. The van der Waals surface area contributed by atoms with Crippen LogP contribution in [0.5, 0.6) is 5.75 Å². The van der Waals surface area contributed by atoms with E-state index < -0.39 is 6.36 Å². The van der Waals surface area contributed by atoms with Crippen molar-refractivity contribution in [3.63, 3.8) is 0 Å². The van der Waals surface area contributed by atoms with E-state index >= 15 is 0 Å². The second-order valence-corrected chi connectivity index (χ2v) is 2.34. The predicted molar refractivity (Wildman–Crippen MR) is 42.8 cm³/mol. The second-order valence-electron chi connectivity index (χ2n) is 2.34. The Labute approximate surface area is 77.5 Å². The third-order valence-corrected chi connectivity index (χ3v) is 1.29. The van der Waals surface area contributed by atoms with Gasteiger partial charge in [-0.25, -0.2) is 0 Å². The maximum atomic E-state index is 11.7. The summed E-state index contributed by atoms with van der Waals surface area (Å²) < 4.78 is 38.9. The van der Waals surface area contributed by atoms with E-state index in [1.165, 1.54) is 12.1 Å². The number of amides is 1. The summed E-state index contributed by atoms with van der Waals surface area (Å²) in [6.45, 7) is 0. The van der Waals surface area contributed by atoms with Gasteiger partial charge in [0.15, 0.2) is 0 Å². The van der Waals surface area contributed by atoms with Gasteiger partial charge in [-0.1, -0.05) is 6.07 Å². The number of hydrogen-bond acceptors (Lipinski definition) is 2. The predicted octanol–water partition coefficient (Wildman–Crippen LogP) is 2.15. The number of nitrogens with one attached hydrogen (secondary N) is 1. The van der Waals surface area contributed by atoms with Gasteiger partial charge in [0, 0.05) is 11.8 Å². The molecule has 0 aliphatic heterocycles. The van der Waals surface area contributed by atoms with Crippen molar-refractivity contribution in [3.8, 4) is 5.75 Å². The highest BCUT2D eigenvalue weighted by Gasteiger charge is 2.31. The van der Waals surface area contributed by atoms with E-state index in [0.717, 1.165) is 12.1 Å². The average Bonchev–Trinajstić information content (AvgIpc) is 2.02. The molecular weight excluding hydrogens is 199 g/mol. The minimum absolute atomic E-state index is 0.238. The maximum absolute atomic E-state index is 11.7. The van der Waals surface area contributed by atoms with Crippen LogP contribution in [0.15, 0.2) is 24.3 Å². The summed E-state index contributed by atoms with van der Waals surface area (Å²) in [5.74, 6) is -0.371. The molecule has 0 heterocycles. The summed E-state index contributed by atoms with van der Waals surface area (Å²) in [5, 5.41) is 2.21. The minimum Gasteiger partial charge on any atom is -0.406 e. The normalized spacial score (nSPS) is 10.8. The largest absolute Gasteiger partial charge is 0.573 e. The van der Waals surface area contributed by atoms with E-state index in [1.807, 2.05) is 0 Å². The number of carbonyl (C=O) groups excluding carboxylic acids is 1. The van der Waals surface area contributed by atoms with Crippen molar-refractivity contribution >= 4 is 12.1 Å². The first kappa shape index (κ1) is 10.4. The third-order valence-electron chi connectivity index (χ3n) is 1.29. The number of alkyl halides is 3. The molecule has 0 aliphatic carbocycles. The van der Waals surface area contributed by atoms with Crippen molar-refractivity contribution in [1.82, 2.24) is 0 Å². The zero-order valence-corrected chi connectivity index (χ0v) is 6.84. The topological polar surface area (TPSA) is 38.3 Å². The Morgan fingerprint density at radius 2 is 2.07 bits per heavy atom. The van der Waals surface area contributed by atoms with Crippen LogP contribution in [-0.4, -0.2) is 12.8 Å². The number of ether oxygens (including phenoxy) is 1. The summed E-state index contributed by atoms with van der Waals surface area (Å²) in [4.78, 5) is 10.00. The van der Waals surface area contributed by atoms with Gasteiger partial charge in [0.1, 0.15) is 5.75 Å². The van der Waals surface area contributed by atoms with Crippen LogP contribution in [-0.2, 0) is 4.79 Å². The molecule has 14 heavy (non-hydrogen) atoms. The first-order valence-electron chi connectivity index (χ1n) is 3.57. The Hall–Kier alpha value is -1.72. The van der Waals surface area contributed by atoms with Gasteiger partial charge in [-0.3, -0.25) is 4.79 Å². The Kier molecular flexibility index (Phi) is 2.95. The number of benzene rings is 1. The van der Waals surface area contributed by atoms with Crippen LogP contribution in [0.4, 0.5) is 18.9 Å². The second kappa shape index (κ2) is 3.99. The van der Waals surface area contributed by atoms with Gasteiger partial charge in [-0.15, -0.1) is 13.2 Å². The van der Waals surface area contributed by atoms with Crippen LogP contribution in [0.1, 0.15) is 0 Å². The van der Waals surface area contributed by atoms with Crippen LogP contribution in [0.3, 0.4) is 0 Å². The van der Waals surface area contributed by atoms with Gasteiger partial charge in [0.05, 0.1) is 0 Å². The first-order valence-corrected chi connectivity index (χ1v) is 3.57. The van der Waals surface area contributed by atoms with Gasteiger partial charge in [-0.2, -0.15) is 0 Å². The number of carbonyl (C=O) groups is 1. The zero-order chi connectivity index (χ0) is 10.6. The fraction of sp³-hybridized carbons (Fsp3) is 0.125. The number of anilines is 1. The minimum atomic E-state index is -4.72. The summed E-state index contributed by atoms with van der Waals surface area (Å²) in [7, 11) is 0. The van der Waals surface area contributed by atoms with Crippen LogP contribution >= 0.6 is 0 Å². The molecule has 0 aromatic heterocycles. The van der Waals surface area contributed by atoms with Crippen molar-refractivity contribution in [2.24, 2.45) is 0 Å². The molecule has 3 nitrogen and oxygen atoms in total. The summed E-state index contributed by atoms with van der Waals surface area (Å²) in [6.07, 6.45) is -4.35. The Morgan fingerprint density at radius 3 is 2.64 bits per heavy atom. The van der Waals surface area contributed by atoms with Gasteiger partial charge < -0.3 is 10.1 Å². The molecule has 1 aromatic carbocycles. The number of halogens is 3. The Morgan fingerprint density at radius 1 is 1.36 bits per heavy atom. The molecule has 76 valence electrons. The molecule has 0 atom stereocenters. The maximum Gasteiger partial charge on any atom is 0.573 e. The number of rotatable bonds is 3. The van der Waals surface area contributed by atoms with E-state index in [4.69, 9.17) is 0 Å². The van der Waals surface area contributed by atoms with E-state index in [1.54, 1.807) is 0 Å². The van der Waals surface area contributed by atoms with Gasteiger partial charge in [0.25, 0.3) is 0 Å². The first-order chi connectivity index (χ1) is 6.51. The van der Waals surface area contributed by atoms with E-state index in [9.17, 15) is 18.0 Å². The van der Waals surface area contributed by atoms with Crippen LogP contribution in [0, 0.1) is 0 Å². The molecule has 6 heteroatoms. The Bertz CT molecular complexity index is 325. The molecule has 1 rings (SSSR count). The Balaban J connectivity index is 2.78. The lowest BCUT2D eigenvalue weighted by atomic mass is 10.3. The zero-order valence-electron chi connectivity index (χ0n) is 6.84. The van der Waals surface area contributed by atoms with Crippen molar-refractivity contribution < 1.29 is 22.7 Å². The quantitative estimate of drug-likeness (QED) is 0.768. The molecule has 0 bridgehead atoms. The molecule has 1 N–H and O–H groups in total. The van der Waals surface area contributed by atoms with Crippen molar-refractivity contribution in [2.75, 3.05) is 5.32 Å². The van der Waals surface area contributed by atoms with Crippen LogP contribution in [0.25, 0.3) is 0 Å². The molecule has 0 unspecified atom stereocenters. The van der Waals surface area contributed by atoms with E-state index in [-0.39, 0.29) is 11.4 Å². The summed E-state index contributed by atoms with van der Waals surface area (Å²) >= 11 is 0. The van der Waals surface area contributed by atoms with E-state index in [0.29, 0.717) is 6.41 Å². The standard InChI is InChI=1S/C8H6F3NO2/c9-8(10,11)14-7-3-1-2-6(4-7)12-5-13/h1-5H,(H,12,13). The smallest absolute Gasteiger partial charge is 0.406 e. The summed E-state index contributed by atoms with van der Waals surface area (Å²) in [5.41, 5.74) is 0.238. The van der Waals surface area contributed by atoms with Crippen molar-refractivity contribution in [2.45, 2.75) is 6.36 Å². The lowest BCUT2D eigenvalue weighted by molar-refractivity contribution is -0.274. The van der Waals surface area contributed by atoms with Crippen LogP contribution in [0.2, 0.25) is 0 Å². The highest BCUT2D eigenvalue weighted by atomic mass is 19.4. The summed E-state index contributed by atoms with van der Waals surface area (Å²) in [6, 6.07) is 5.00. The molecule has 1 aromatic rings. The van der Waals surface area contributed by atoms with Crippen molar-refractivity contribution in [3.05, 3.63) is 24.3 Å². The lowest BCUT2D eigenvalue weighted by Crippen LogP contribution is -2.17. The SMILES string of the molecule is O=CNc1cccc(OC(F)(F)F)c1. The van der Waals surface area contributed by atoms with Gasteiger partial charge in [-0.05, 0) is 12.1 Å². The van der Waals surface area contributed by atoms with Gasteiger partial charge in [0.2, 0.25) is 6.41 Å². The molecule has 0 aliphatic rings. The molecule has 0 fully saturated rings. The van der Waals surface area contributed by atoms with E-state index in [2.05, 4.69) is 10.1 Å². The average molecular weight is 205 g/mol. The monoisotopic (exact) mass is 205 g/mol.